The van der Waals surface area contributed by atoms with Crippen LogP contribution in [0.15, 0.2) is 77.7 Å². The van der Waals surface area contributed by atoms with Crippen LogP contribution in [0.5, 0.6) is 0 Å². The van der Waals surface area contributed by atoms with Crippen molar-refractivity contribution in [2.24, 2.45) is 0 Å². The Morgan fingerprint density at radius 1 is 0.750 bits per heavy atom. The first kappa shape index (κ1) is 19.9. The number of anilines is 3. The molecule has 7 heteroatoms. The lowest BCUT2D eigenvalue weighted by molar-refractivity contribution is 0.601. The zero-order valence-corrected chi connectivity index (χ0v) is 17.2. The van der Waals surface area contributed by atoms with Crippen LogP contribution in [-0.2, 0) is 10.0 Å². The standard InChI is InChI=1S/C21H21N3O2S2/c1-15-11-16(2)13-19(12-15)23-21(27)22-18-9-6-10-20(14-18)28(25,26)24-17-7-4-3-5-8-17/h3-14,24H,1-2H3,(H2,22,23,27). The van der Waals surface area contributed by atoms with Crippen molar-refractivity contribution in [3.8, 4) is 0 Å². The van der Waals surface area contributed by atoms with E-state index in [9.17, 15) is 8.42 Å². The van der Waals surface area contributed by atoms with Crippen LogP contribution in [0.1, 0.15) is 11.1 Å². The Kier molecular flexibility index (Phi) is 5.96. The molecule has 0 saturated heterocycles. The molecule has 0 aliphatic heterocycles. The molecular formula is C21H21N3O2S2. The predicted molar refractivity (Wildman–Crippen MR) is 119 cm³/mol. The van der Waals surface area contributed by atoms with Gasteiger partial charge in [-0.15, -0.1) is 0 Å². The van der Waals surface area contributed by atoms with E-state index >= 15 is 0 Å². The normalized spacial score (nSPS) is 10.9. The van der Waals surface area contributed by atoms with Crippen molar-refractivity contribution in [2.45, 2.75) is 18.7 Å². The maximum Gasteiger partial charge on any atom is 0.261 e. The Bertz CT molecular complexity index is 1080. The second kappa shape index (κ2) is 8.41. The molecule has 0 aliphatic rings. The first-order valence-electron chi connectivity index (χ1n) is 8.66. The molecule has 3 N–H and O–H groups in total. The fourth-order valence-electron chi connectivity index (χ4n) is 2.80. The van der Waals surface area contributed by atoms with Gasteiger partial charge in [0, 0.05) is 17.1 Å². The minimum absolute atomic E-state index is 0.149. The van der Waals surface area contributed by atoms with Gasteiger partial charge in [0.15, 0.2) is 5.11 Å². The van der Waals surface area contributed by atoms with Crippen LogP contribution in [0.3, 0.4) is 0 Å². The number of thiocarbonyl (C=S) groups is 1. The molecule has 0 atom stereocenters. The Hall–Kier alpha value is -2.90. The number of hydrogen-bond acceptors (Lipinski definition) is 3. The van der Waals surface area contributed by atoms with Gasteiger partial charge in [0.1, 0.15) is 0 Å². The van der Waals surface area contributed by atoms with E-state index in [1.54, 1.807) is 42.5 Å². The highest BCUT2D eigenvalue weighted by Gasteiger charge is 2.14. The van der Waals surface area contributed by atoms with Gasteiger partial charge < -0.3 is 10.6 Å². The van der Waals surface area contributed by atoms with Crippen LogP contribution in [0.25, 0.3) is 0 Å². The summed E-state index contributed by atoms with van der Waals surface area (Å²) in [5.41, 5.74) is 4.23. The van der Waals surface area contributed by atoms with Crippen molar-refractivity contribution in [3.05, 3.63) is 83.9 Å². The summed E-state index contributed by atoms with van der Waals surface area (Å²) >= 11 is 5.36. The molecule has 0 aliphatic carbocycles. The van der Waals surface area contributed by atoms with Gasteiger partial charge in [0.05, 0.1) is 4.90 Å². The van der Waals surface area contributed by atoms with Crippen LogP contribution in [-0.4, -0.2) is 13.5 Å². The third-order valence-corrected chi connectivity index (χ3v) is 5.49. The van der Waals surface area contributed by atoms with Gasteiger partial charge in [-0.05, 0) is 79.7 Å². The molecule has 144 valence electrons. The van der Waals surface area contributed by atoms with Crippen molar-refractivity contribution in [1.29, 1.82) is 0 Å². The van der Waals surface area contributed by atoms with Gasteiger partial charge in [0.25, 0.3) is 10.0 Å². The van der Waals surface area contributed by atoms with Gasteiger partial charge >= 0.3 is 0 Å². The van der Waals surface area contributed by atoms with Crippen molar-refractivity contribution in [3.63, 3.8) is 0 Å². The lowest BCUT2D eigenvalue weighted by atomic mass is 10.1. The lowest BCUT2D eigenvalue weighted by Gasteiger charge is -2.13. The van der Waals surface area contributed by atoms with Crippen molar-refractivity contribution in [1.82, 2.24) is 0 Å². The molecule has 0 bridgehead atoms. The molecule has 3 aromatic carbocycles. The highest BCUT2D eigenvalue weighted by Crippen LogP contribution is 2.20. The van der Waals surface area contributed by atoms with E-state index in [0.717, 1.165) is 16.8 Å². The molecule has 0 unspecified atom stereocenters. The molecule has 0 amide bonds. The second-order valence-corrected chi connectivity index (χ2v) is 8.55. The van der Waals surface area contributed by atoms with Crippen molar-refractivity contribution in [2.75, 3.05) is 15.4 Å². The molecule has 3 aromatic rings. The Morgan fingerprint density at radius 2 is 1.36 bits per heavy atom. The highest BCUT2D eigenvalue weighted by atomic mass is 32.2. The number of aryl methyl sites for hydroxylation is 2. The SMILES string of the molecule is Cc1cc(C)cc(NC(=S)Nc2cccc(S(=O)(=O)Nc3ccccc3)c2)c1. The second-order valence-electron chi connectivity index (χ2n) is 6.45. The third kappa shape index (κ3) is 5.31. The Labute approximate surface area is 170 Å². The summed E-state index contributed by atoms with van der Waals surface area (Å²) in [6, 6.07) is 21.3. The molecule has 0 saturated carbocycles. The highest BCUT2D eigenvalue weighted by molar-refractivity contribution is 7.92. The number of hydrogen-bond donors (Lipinski definition) is 3. The Morgan fingerprint density at radius 3 is 2.04 bits per heavy atom. The van der Waals surface area contributed by atoms with Crippen LogP contribution >= 0.6 is 12.2 Å². The molecule has 0 spiro atoms. The first-order chi connectivity index (χ1) is 13.3. The minimum Gasteiger partial charge on any atom is -0.332 e. The van der Waals surface area contributed by atoms with E-state index in [1.807, 2.05) is 32.0 Å². The van der Waals surface area contributed by atoms with E-state index in [-0.39, 0.29) is 4.90 Å². The summed E-state index contributed by atoms with van der Waals surface area (Å²) in [4.78, 5) is 0.149. The summed E-state index contributed by atoms with van der Waals surface area (Å²) in [5.74, 6) is 0. The molecule has 28 heavy (non-hydrogen) atoms. The van der Waals surface area contributed by atoms with Gasteiger partial charge in [-0.25, -0.2) is 8.42 Å². The van der Waals surface area contributed by atoms with Crippen LogP contribution in [0.4, 0.5) is 17.1 Å². The fourth-order valence-corrected chi connectivity index (χ4v) is 4.14. The smallest absolute Gasteiger partial charge is 0.261 e. The molecule has 0 fully saturated rings. The number of nitrogens with one attached hydrogen (secondary N) is 3. The molecule has 0 radical (unpaired) electrons. The summed E-state index contributed by atoms with van der Waals surface area (Å²) in [6.45, 7) is 4.03. The van der Waals surface area contributed by atoms with Crippen LogP contribution < -0.4 is 15.4 Å². The average Bonchev–Trinajstić information content (AvgIpc) is 2.61. The first-order valence-corrected chi connectivity index (χ1v) is 10.6. The van der Waals surface area contributed by atoms with E-state index in [2.05, 4.69) is 21.4 Å². The third-order valence-electron chi connectivity index (χ3n) is 3.91. The van der Waals surface area contributed by atoms with Crippen LogP contribution in [0, 0.1) is 13.8 Å². The lowest BCUT2D eigenvalue weighted by Crippen LogP contribution is -2.19. The van der Waals surface area contributed by atoms with Crippen LogP contribution in [0.2, 0.25) is 0 Å². The number of benzene rings is 3. The summed E-state index contributed by atoms with van der Waals surface area (Å²) in [6.07, 6.45) is 0. The molecule has 5 nitrogen and oxygen atoms in total. The van der Waals surface area contributed by atoms with E-state index in [4.69, 9.17) is 12.2 Å². The number of rotatable bonds is 5. The maximum absolute atomic E-state index is 12.6. The van der Waals surface area contributed by atoms with E-state index in [0.29, 0.717) is 16.5 Å². The number of para-hydroxylation sites is 1. The molecule has 3 rings (SSSR count). The number of sulfonamides is 1. The molecule has 0 heterocycles. The van der Waals surface area contributed by atoms with Crippen molar-refractivity contribution < 1.29 is 8.42 Å². The van der Waals surface area contributed by atoms with Gasteiger partial charge in [-0.1, -0.05) is 30.3 Å². The zero-order chi connectivity index (χ0) is 20.1. The fraction of sp³-hybridized carbons (Fsp3) is 0.0952. The van der Waals surface area contributed by atoms with Gasteiger partial charge in [-0.2, -0.15) is 0 Å². The Balaban J connectivity index is 1.73. The monoisotopic (exact) mass is 411 g/mol. The summed E-state index contributed by atoms with van der Waals surface area (Å²) in [7, 11) is -3.70. The van der Waals surface area contributed by atoms with Gasteiger partial charge in [0.2, 0.25) is 0 Å². The van der Waals surface area contributed by atoms with Crippen molar-refractivity contribution >= 4 is 44.4 Å². The minimum atomic E-state index is -3.70. The maximum atomic E-state index is 12.6. The largest absolute Gasteiger partial charge is 0.332 e. The molecule has 0 aromatic heterocycles. The molecular weight excluding hydrogens is 390 g/mol. The average molecular weight is 412 g/mol. The summed E-state index contributed by atoms with van der Waals surface area (Å²) < 4.78 is 27.8. The topological polar surface area (TPSA) is 70.2 Å². The summed E-state index contributed by atoms with van der Waals surface area (Å²) in [5, 5.41) is 6.54. The quantitative estimate of drug-likeness (QED) is 0.520. The zero-order valence-electron chi connectivity index (χ0n) is 15.6. The van der Waals surface area contributed by atoms with E-state index in [1.165, 1.54) is 6.07 Å². The predicted octanol–water partition coefficient (Wildman–Crippen LogP) is 4.91. The van der Waals surface area contributed by atoms with E-state index < -0.39 is 10.0 Å². The van der Waals surface area contributed by atoms with Gasteiger partial charge in [-0.3, -0.25) is 4.72 Å².